The van der Waals surface area contributed by atoms with Crippen LogP contribution in [0.5, 0.6) is 0 Å². The summed E-state index contributed by atoms with van der Waals surface area (Å²) in [5.74, 6) is 0.569. The van der Waals surface area contributed by atoms with Crippen LogP contribution in [0.15, 0.2) is 72.9 Å². The molecular formula is C25H29N3. The zero-order chi connectivity index (χ0) is 19.2. The van der Waals surface area contributed by atoms with Crippen LogP contribution in [0, 0.1) is 0 Å². The van der Waals surface area contributed by atoms with Crippen molar-refractivity contribution in [2.75, 3.05) is 0 Å². The summed E-state index contributed by atoms with van der Waals surface area (Å²) >= 11 is 0. The molecule has 3 nitrogen and oxygen atoms in total. The van der Waals surface area contributed by atoms with Crippen molar-refractivity contribution < 1.29 is 0 Å². The van der Waals surface area contributed by atoms with Gasteiger partial charge in [0, 0.05) is 31.9 Å². The zero-order valence-corrected chi connectivity index (χ0v) is 16.6. The third kappa shape index (κ3) is 4.67. The second-order valence-electron chi connectivity index (χ2n) is 7.75. The van der Waals surface area contributed by atoms with Gasteiger partial charge in [-0.05, 0) is 53.1 Å². The molecule has 2 N–H and O–H groups in total. The first-order valence-electron chi connectivity index (χ1n) is 10.3. The van der Waals surface area contributed by atoms with E-state index in [2.05, 4.69) is 71.1 Å². The molecule has 0 bridgehead atoms. The predicted molar refractivity (Wildman–Crippen MR) is 115 cm³/mol. The highest BCUT2D eigenvalue weighted by Gasteiger charge is 2.25. The quantitative estimate of drug-likeness (QED) is 0.638. The number of hydrogen-bond donors (Lipinski definition) is 2. The molecule has 0 radical (unpaired) electrons. The Bertz CT molecular complexity index is 874. The van der Waals surface area contributed by atoms with E-state index < -0.39 is 0 Å². The molecule has 1 aliphatic rings. The number of hydrogen-bond acceptors (Lipinski definition) is 3. The molecular weight excluding hydrogens is 342 g/mol. The molecule has 2 atom stereocenters. The maximum Gasteiger partial charge on any atom is 0.0541 e. The SMILES string of the molecule is CC1c2ccccc2CCC1NCc1ccc(CNCc2ccccn2)cc1. The molecule has 1 aromatic heterocycles. The lowest BCUT2D eigenvalue weighted by atomic mass is 9.80. The number of pyridine rings is 1. The molecule has 28 heavy (non-hydrogen) atoms. The van der Waals surface area contributed by atoms with Gasteiger partial charge < -0.3 is 10.6 Å². The molecule has 3 heteroatoms. The van der Waals surface area contributed by atoms with E-state index in [4.69, 9.17) is 0 Å². The van der Waals surface area contributed by atoms with Gasteiger partial charge in [-0.3, -0.25) is 4.98 Å². The van der Waals surface area contributed by atoms with E-state index in [1.807, 2.05) is 24.4 Å². The van der Waals surface area contributed by atoms with Gasteiger partial charge in [-0.2, -0.15) is 0 Å². The Morgan fingerprint density at radius 2 is 1.61 bits per heavy atom. The molecule has 4 rings (SSSR count). The van der Waals surface area contributed by atoms with Crippen LogP contribution in [0.25, 0.3) is 0 Å². The van der Waals surface area contributed by atoms with Crippen molar-refractivity contribution >= 4 is 0 Å². The molecule has 2 unspecified atom stereocenters. The molecule has 1 aliphatic carbocycles. The Morgan fingerprint density at radius 1 is 0.857 bits per heavy atom. The number of nitrogens with one attached hydrogen (secondary N) is 2. The number of benzene rings is 2. The van der Waals surface area contributed by atoms with Crippen LogP contribution in [0.2, 0.25) is 0 Å². The van der Waals surface area contributed by atoms with Crippen molar-refractivity contribution in [1.29, 1.82) is 0 Å². The molecule has 2 aromatic carbocycles. The summed E-state index contributed by atoms with van der Waals surface area (Å²) in [6.45, 7) is 4.94. The number of rotatable bonds is 7. The lowest BCUT2D eigenvalue weighted by Gasteiger charge is -2.32. The molecule has 0 aliphatic heterocycles. The average molecular weight is 372 g/mol. The monoisotopic (exact) mass is 371 g/mol. The molecule has 0 saturated heterocycles. The minimum atomic E-state index is 0.551. The molecule has 0 saturated carbocycles. The van der Waals surface area contributed by atoms with Gasteiger partial charge in [0.2, 0.25) is 0 Å². The molecule has 0 amide bonds. The fourth-order valence-electron chi connectivity index (χ4n) is 4.12. The highest BCUT2D eigenvalue weighted by Crippen LogP contribution is 2.31. The summed E-state index contributed by atoms with van der Waals surface area (Å²) in [6.07, 6.45) is 4.23. The maximum absolute atomic E-state index is 4.34. The van der Waals surface area contributed by atoms with Gasteiger partial charge >= 0.3 is 0 Å². The van der Waals surface area contributed by atoms with Crippen molar-refractivity contribution in [2.24, 2.45) is 0 Å². The first kappa shape index (κ1) is 18.9. The molecule has 3 aromatic rings. The smallest absolute Gasteiger partial charge is 0.0541 e. The Kier molecular flexibility index (Phi) is 6.15. The van der Waals surface area contributed by atoms with Crippen molar-refractivity contribution in [2.45, 2.75) is 51.4 Å². The molecule has 0 fully saturated rings. The number of aromatic nitrogens is 1. The van der Waals surface area contributed by atoms with E-state index in [-0.39, 0.29) is 0 Å². The van der Waals surface area contributed by atoms with Crippen LogP contribution in [-0.2, 0) is 26.1 Å². The van der Waals surface area contributed by atoms with E-state index in [1.165, 1.54) is 35.1 Å². The average Bonchev–Trinajstić information content (AvgIpc) is 2.75. The van der Waals surface area contributed by atoms with Crippen molar-refractivity contribution in [3.05, 3.63) is 101 Å². The first-order valence-corrected chi connectivity index (χ1v) is 10.3. The van der Waals surface area contributed by atoms with Gasteiger partial charge in [0.15, 0.2) is 0 Å². The van der Waals surface area contributed by atoms with Crippen LogP contribution < -0.4 is 10.6 Å². The molecule has 1 heterocycles. The fourth-order valence-corrected chi connectivity index (χ4v) is 4.12. The third-order valence-electron chi connectivity index (χ3n) is 5.83. The van der Waals surface area contributed by atoms with Crippen molar-refractivity contribution in [3.63, 3.8) is 0 Å². The Hall–Kier alpha value is -2.49. The van der Waals surface area contributed by atoms with Gasteiger partial charge in [-0.15, -0.1) is 0 Å². The number of nitrogens with zero attached hydrogens (tertiary/aromatic N) is 1. The minimum Gasteiger partial charge on any atom is -0.309 e. The fraction of sp³-hybridized carbons (Fsp3) is 0.320. The van der Waals surface area contributed by atoms with E-state index in [0.29, 0.717) is 12.0 Å². The highest BCUT2D eigenvalue weighted by molar-refractivity contribution is 5.34. The first-order chi connectivity index (χ1) is 13.8. The summed E-state index contributed by atoms with van der Waals surface area (Å²) in [7, 11) is 0. The van der Waals surface area contributed by atoms with Crippen LogP contribution >= 0.6 is 0 Å². The van der Waals surface area contributed by atoms with Crippen LogP contribution in [0.4, 0.5) is 0 Å². The van der Waals surface area contributed by atoms with Gasteiger partial charge in [-0.1, -0.05) is 61.5 Å². The highest BCUT2D eigenvalue weighted by atomic mass is 14.9. The zero-order valence-electron chi connectivity index (χ0n) is 16.6. The second kappa shape index (κ2) is 9.13. The van der Waals surface area contributed by atoms with Gasteiger partial charge in [0.1, 0.15) is 0 Å². The topological polar surface area (TPSA) is 37.0 Å². The summed E-state index contributed by atoms with van der Waals surface area (Å²) in [5, 5.41) is 7.25. The van der Waals surface area contributed by atoms with Crippen LogP contribution in [0.3, 0.4) is 0 Å². The minimum absolute atomic E-state index is 0.551. The Morgan fingerprint density at radius 3 is 2.39 bits per heavy atom. The predicted octanol–water partition coefficient (Wildman–Crippen LogP) is 4.58. The standard InChI is InChI=1S/C25H29N3/c1-19-24-8-3-2-6-22(24)13-14-25(19)28-17-21-11-9-20(10-12-21)16-26-18-23-7-4-5-15-27-23/h2-12,15,19,25-26,28H,13-14,16-18H2,1H3. The van der Waals surface area contributed by atoms with Gasteiger partial charge in [0.25, 0.3) is 0 Å². The maximum atomic E-state index is 4.34. The van der Waals surface area contributed by atoms with E-state index >= 15 is 0 Å². The lowest BCUT2D eigenvalue weighted by molar-refractivity contribution is 0.402. The molecule has 144 valence electrons. The number of fused-ring (bicyclic) bond motifs is 1. The third-order valence-corrected chi connectivity index (χ3v) is 5.83. The van der Waals surface area contributed by atoms with Crippen LogP contribution in [-0.4, -0.2) is 11.0 Å². The number of aryl methyl sites for hydroxylation is 1. The molecule has 0 spiro atoms. The largest absolute Gasteiger partial charge is 0.309 e. The Labute approximate surface area is 168 Å². The van der Waals surface area contributed by atoms with Crippen molar-refractivity contribution in [1.82, 2.24) is 15.6 Å². The summed E-state index contributed by atoms with van der Waals surface area (Å²) < 4.78 is 0. The summed E-state index contributed by atoms with van der Waals surface area (Å²) in [4.78, 5) is 4.34. The van der Waals surface area contributed by atoms with E-state index in [1.54, 1.807) is 0 Å². The lowest BCUT2D eigenvalue weighted by Crippen LogP contribution is -2.36. The van der Waals surface area contributed by atoms with Gasteiger partial charge in [-0.25, -0.2) is 0 Å². The normalized spacial score (nSPS) is 18.6. The summed E-state index contributed by atoms with van der Waals surface area (Å²) in [6, 6.07) is 24.4. The van der Waals surface area contributed by atoms with Crippen molar-refractivity contribution in [3.8, 4) is 0 Å². The summed E-state index contributed by atoms with van der Waals surface area (Å²) in [5.41, 5.74) is 6.77. The Balaban J connectivity index is 1.26. The van der Waals surface area contributed by atoms with Gasteiger partial charge in [0.05, 0.1) is 5.69 Å². The second-order valence-corrected chi connectivity index (χ2v) is 7.75. The van der Waals surface area contributed by atoms with E-state index in [9.17, 15) is 0 Å². The van der Waals surface area contributed by atoms with E-state index in [0.717, 1.165) is 25.3 Å². The van der Waals surface area contributed by atoms with Crippen LogP contribution in [0.1, 0.15) is 47.2 Å².